The monoisotopic (exact) mass is 303 g/mol. The molecule has 1 fully saturated rings. The molecule has 110 valence electrons. The highest BCUT2D eigenvalue weighted by Crippen LogP contribution is 2.27. The molecule has 6 heteroatoms. The molecule has 0 radical (unpaired) electrons. The van der Waals surface area contributed by atoms with Crippen molar-refractivity contribution in [2.75, 3.05) is 0 Å². The molecule has 21 heavy (non-hydrogen) atoms. The van der Waals surface area contributed by atoms with E-state index in [1.54, 1.807) is 0 Å². The molecule has 1 heterocycles. The maximum atomic E-state index is 11.9. The van der Waals surface area contributed by atoms with Crippen molar-refractivity contribution in [2.45, 2.75) is 43.2 Å². The van der Waals surface area contributed by atoms with Crippen LogP contribution in [-0.2, 0) is 4.79 Å². The number of carbonyl (C=O) groups is 1. The van der Waals surface area contributed by atoms with Gasteiger partial charge in [-0.3, -0.25) is 4.79 Å². The van der Waals surface area contributed by atoms with Crippen molar-refractivity contribution in [1.82, 2.24) is 15.5 Å². The van der Waals surface area contributed by atoms with Gasteiger partial charge >= 0.3 is 0 Å². The second kappa shape index (κ2) is 5.89. The van der Waals surface area contributed by atoms with Gasteiger partial charge in [0.25, 0.3) is 5.22 Å². The van der Waals surface area contributed by atoms with Crippen molar-refractivity contribution in [3.63, 3.8) is 0 Å². The Hall–Kier alpha value is -1.82. The molecule has 1 aliphatic carbocycles. The lowest BCUT2D eigenvalue weighted by Crippen LogP contribution is -2.32. The minimum Gasteiger partial charge on any atom is -0.411 e. The minimum absolute atomic E-state index is 0.0257. The molecule has 1 aliphatic rings. The Morgan fingerprint density at radius 2 is 2.24 bits per heavy atom. The Bertz CT molecular complexity index is 652. The summed E-state index contributed by atoms with van der Waals surface area (Å²) in [6.45, 7) is 3.86. The zero-order valence-corrected chi connectivity index (χ0v) is 12.8. The molecule has 1 N–H and O–H groups in total. The van der Waals surface area contributed by atoms with E-state index in [0.717, 1.165) is 24.0 Å². The number of aromatic nitrogens is 2. The number of aryl methyl sites for hydroxylation is 1. The molecule has 0 unspecified atom stereocenters. The second-order valence-corrected chi connectivity index (χ2v) is 6.58. The lowest BCUT2D eigenvalue weighted by molar-refractivity contribution is -0.120. The van der Waals surface area contributed by atoms with Crippen molar-refractivity contribution in [1.29, 1.82) is 0 Å². The summed E-state index contributed by atoms with van der Waals surface area (Å²) in [7, 11) is 0. The topological polar surface area (TPSA) is 68.0 Å². The number of benzene rings is 1. The van der Waals surface area contributed by atoms with Crippen molar-refractivity contribution in [2.24, 2.45) is 0 Å². The zero-order chi connectivity index (χ0) is 14.8. The van der Waals surface area contributed by atoms with Crippen LogP contribution in [0.15, 0.2) is 33.9 Å². The fourth-order valence-electron chi connectivity index (χ4n) is 1.90. The van der Waals surface area contributed by atoms with Crippen LogP contribution in [0.1, 0.15) is 25.3 Å². The third kappa shape index (κ3) is 3.64. The van der Waals surface area contributed by atoms with Crippen LogP contribution in [0.25, 0.3) is 11.5 Å². The van der Waals surface area contributed by atoms with Gasteiger partial charge in [-0.15, -0.1) is 10.2 Å². The number of hydrogen-bond acceptors (Lipinski definition) is 5. The Labute approximate surface area is 127 Å². The molecule has 1 atom stereocenters. The molecule has 2 aromatic rings. The molecule has 1 aromatic heterocycles. The van der Waals surface area contributed by atoms with E-state index in [2.05, 4.69) is 15.5 Å². The van der Waals surface area contributed by atoms with E-state index in [1.165, 1.54) is 11.8 Å². The molecule has 0 bridgehead atoms. The number of rotatable bonds is 5. The summed E-state index contributed by atoms with van der Waals surface area (Å²) in [5, 5.41) is 11.2. The predicted octanol–water partition coefficient (Wildman–Crippen LogP) is 2.80. The van der Waals surface area contributed by atoms with E-state index < -0.39 is 0 Å². The fraction of sp³-hybridized carbons (Fsp3) is 0.400. The standard InChI is InChI=1S/C15H17N3O2S/c1-9-4-3-5-11(8-9)14-17-18-15(20-14)21-10(2)13(19)16-12-6-7-12/h3-5,8,10,12H,6-7H2,1-2H3,(H,16,19)/t10-/m0/s1. The highest BCUT2D eigenvalue weighted by molar-refractivity contribution is 8.00. The maximum absolute atomic E-state index is 11.9. The molecule has 1 saturated carbocycles. The first-order chi connectivity index (χ1) is 10.1. The number of nitrogens with zero attached hydrogens (tertiary/aromatic N) is 2. The van der Waals surface area contributed by atoms with Gasteiger partial charge in [0, 0.05) is 11.6 Å². The Morgan fingerprint density at radius 1 is 1.43 bits per heavy atom. The van der Waals surface area contributed by atoms with Gasteiger partial charge in [-0.05, 0) is 38.8 Å². The van der Waals surface area contributed by atoms with Gasteiger partial charge in [-0.1, -0.05) is 29.5 Å². The lowest BCUT2D eigenvalue weighted by atomic mass is 10.1. The van der Waals surface area contributed by atoms with Crippen LogP contribution in [0.2, 0.25) is 0 Å². The van der Waals surface area contributed by atoms with Crippen LogP contribution in [-0.4, -0.2) is 27.4 Å². The first kappa shape index (κ1) is 14.1. The molecule has 0 spiro atoms. The largest absolute Gasteiger partial charge is 0.411 e. The Morgan fingerprint density at radius 3 is 2.95 bits per heavy atom. The summed E-state index contributed by atoms with van der Waals surface area (Å²) in [5.41, 5.74) is 2.03. The first-order valence-electron chi connectivity index (χ1n) is 6.99. The summed E-state index contributed by atoms with van der Waals surface area (Å²) in [5.74, 6) is 0.508. The molecule has 3 rings (SSSR count). The van der Waals surface area contributed by atoms with E-state index >= 15 is 0 Å². The first-order valence-corrected chi connectivity index (χ1v) is 7.87. The van der Waals surface area contributed by atoms with Crippen LogP contribution < -0.4 is 5.32 Å². The molecule has 5 nitrogen and oxygen atoms in total. The van der Waals surface area contributed by atoms with Gasteiger partial charge in [0.2, 0.25) is 11.8 Å². The van der Waals surface area contributed by atoms with E-state index in [1.807, 2.05) is 38.1 Å². The molecule has 1 aromatic carbocycles. The van der Waals surface area contributed by atoms with E-state index in [9.17, 15) is 4.79 Å². The molecule has 1 amide bonds. The summed E-state index contributed by atoms with van der Waals surface area (Å²) >= 11 is 1.29. The van der Waals surface area contributed by atoms with Crippen LogP contribution in [0.3, 0.4) is 0 Å². The van der Waals surface area contributed by atoms with Gasteiger partial charge in [-0.2, -0.15) is 0 Å². The Balaban J connectivity index is 1.65. The summed E-state index contributed by atoms with van der Waals surface area (Å²) < 4.78 is 5.63. The van der Waals surface area contributed by atoms with E-state index in [4.69, 9.17) is 4.42 Å². The molecular weight excluding hydrogens is 286 g/mol. The van der Waals surface area contributed by atoms with E-state index in [-0.39, 0.29) is 11.2 Å². The van der Waals surface area contributed by atoms with Gasteiger partial charge in [0.1, 0.15) is 0 Å². The third-order valence-electron chi connectivity index (χ3n) is 3.24. The third-order valence-corrected chi connectivity index (χ3v) is 4.18. The van der Waals surface area contributed by atoms with Crippen LogP contribution in [0.4, 0.5) is 0 Å². The van der Waals surface area contributed by atoms with Gasteiger partial charge in [0.05, 0.1) is 5.25 Å². The van der Waals surface area contributed by atoms with Gasteiger partial charge in [-0.25, -0.2) is 0 Å². The van der Waals surface area contributed by atoms with Crippen molar-refractivity contribution in [3.05, 3.63) is 29.8 Å². The van der Waals surface area contributed by atoms with Crippen LogP contribution >= 0.6 is 11.8 Å². The lowest BCUT2D eigenvalue weighted by Gasteiger charge is -2.08. The summed E-state index contributed by atoms with van der Waals surface area (Å²) in [4.78, 5) is 11.9. The predicted molar refractivity (Wildman–Crippen MR) is 81.0 cm³/mol. The Kier molecular flexibility index (Phi) is 3.96. The average molecular weight is 303 g/mol. The number of carbonyl (C=O) groups excluding carboxylic acids is 1. The quantitative estimate of drug-likeness (QED) is 0.860. The van der Waals surface area contributed by atoms with Gasteiger partial charge in [0.15, 0.2) is 0 Å². The molecule has 0 saturated heterocycles. The van der Waals surface area contributed by atoms with Crippen molar-refractivity contribution < 1.29 is 9.21 Å². The number of amides is 1. The number of nitrogens with one attached hydrogen (secondary N) is 1. The fourth-order valence-corrected chi connectivity index (χ4v) is 2.60. The number of hydrogen-bond donors (Lipinski definition) is 1. The smallest absolute Gasteiger partial charge is 0.277 e. The zero-order valence-electron chi connectivity index (χ0n) is 12.0. The van der Waals surface area contributed by atoms with Crippen molar-refractivity contribution in [3.8, 4) is 11.5 Å². The number of thioether (sulfide) groups is 1. The second-order valence-electron chi connectivity index (χ2n) is 5.29. The van der Waals surface area contributed by atoms with E-state index in [0.29, 0.717) is 17.2 Å². The van der Waals surface area contributed by atoms with Crippen LogP contribution in [0, 0.1) is 6.92 Å². The minimum atomic E-state index is -0.239. The van der Waals surface area contributed by atoms with Gasteiger partial charge < -0.3 is 9.73 Å². The maximum Gasteiger partial charge on any atom is 0.277 e. The van der Waals surface area contributed by atoms with Crippen molar-refractivity contribution >= 4 is 17.7 Å². The average Bonchev–Trinajstić information content (AvgIpc) is 3.14. The highest BCUT2D eigenvalue weighted by Gasteiger charge is 2.27. The normalized spacial score (nSPS) is 15.7. The van der Waals surface area contributed by atoms with Crippen LogP contribution in [0.5, 0.6) is 0 Å². The summed E-state index contributed by atoms with van der Waals surface area (Å²) in [6, 6.07) is 8.25. The summed E-state index contributed by atoms with van der Waals surface area (Å²) in [6.07, 6.45) is 2.17. The molecule has 0 aliphatic heterocycles. The highest BCUT2D eigenvalue weighted by atomic mass is 32.2. The SMILES string of the molecule is Cc1cccc(-c2nnc(S[C@@H](C)C(=O)NC3CC3)o2)c1. The molecular formula is C15H17N3O2S.